The minimum atomic E-state index is -0.356. The second kappa shape index (κ2) is 6.58. The molecular formula is C20H22N4O3. The Hall–Kier alpha value is -2.51. The van der Waals surface area contributed by atoms with Crippen molar-refractivity contribution in [1.29, 1.82) is 0 Å². The van der Waals surface area contributed by atoms with E-state index in [-0.39, 0.29) is 11.7 Å². The maximum absolute atomic E-state index is 12.4. The number of fused-ring (bicyclic) bond motifs is 2. The van der Waals surface area contributed by atoms with Crippen LogP contribution in [0.5, 0.6) is 5.88 Å². The highest BCUT2D eigenvalue weighted by atomic mass is 16.6. The highest BCUT2D eigenvalue weighted by Crippen LogP contribution is 2.40. The number of amides is 1. The molecule has 3 aliphatic rings. The molecular weight excluding hydrogens is 344 g/mol. The Morgan fingerprint density at radius 3 is 2.59 bits per heavy atom. The fourth-order valence-corrected chi connectivity index (χ4v) is 4.28. The van der Waals surface area contributed by atoms with E-state index in [1.165, 1.54) is 17.5 Å². The summed E-state index contributed by atoms with van der Waals surface area (Å²) >= 11 is 0. The third kappa shape index (κ3) is 3.07. The van der Waals surface area contributed by atoms with Crippen molar-refractivity contribution >= 4 is 6.09 Å². The average Bonchev–Trinajstić information content (AvgIpc) is 3.05. The topological polar surface area (TPSA) is 76.6 Å². The molecule has 2 aromatic rings. The molecule has 27 heavy (non-hydrogen) atoms. The van der Waals surface area contributed by atoms with E-state index in [0.717, 1.165) is 37.2 Å². The van der Waals surface area contributed by atoms with Crippen molar-refractivity contribution < 1.29 is 14.3 Å². The first-order chi connectivity index (χ1) is 13.2. The fraction of sp³-hybridized carbons (Fsp3) is 0.450. The maximum Gasteiger partial charge on any atom is 0.416 e. The SMILES string of the molecule is O=C(Oc1ncnc2c1COC1(Cc3ccccc3C1)C2)N1CCNCC1. The van der Waals surface area contributed by atoms with Gasteiger partial charge in [-0.15, -0.1) is 0 Å². The van der Waals surface area contributed by atoms with E-state index in [0.29, 0.717) is 32.0 Å². The summed E-state index contributed by atoms with van der Waals surface area (Å²) in [5.74, 6) is 0.328. The molecule has 1 aromatic carbocycles. The first-order valence-corrected chi connectivity index (χ1v) is 9.43. The fourth-order valence-electron chi connectivity index (χ4n) is 4.28. The number of nitrogens with zero attached hydrogens (tertiary/aromatic N) is 3. The molecule has 0 unspecified atom stereocenters. The van der Waals surface area contributed by atoms with Crippen LogP contribution in [-0.4, -0.2) is 52.7 Å². The zero-order valence-corrected chi connectivity index (χ0v) is 15.1. The number of carbonyl (C=O) groups is 1. The van der Waals surface area contributed by atoms with Crippen LogP contribution in [0.1, 0.15) is 22.4 Å². The molecule has 7 nitrogen and oxygen atoms in total. The van der Waals surface area contributed by atoms with Gasteiger partial charge in [-0.3, -0.25) is 0 Å². The number of hydrogen-bond acceptors (Lipinski definition) is 6. The molecule has 0 radical (unpaired) electrons. The predicted molar refractivity (Wildman–Crippen MR) is 97.6 cm³/mol. The summed E-state index contributed by atoms with van der Waals surface area (Å²) in [6.07, 6.45) is 3.62. The van der Waals surface area contributed by atoms with Gasteiger partial charge in [0.25, 0.3) is 0 Å². The Morgan fingerprint density at radius 2 is 1.85 bits per heavy atom. The van der Waals surface area contributed by atoms with E-state index >= 15 is 0 Å². The molecule has 1 N–H and O–H groups in total. The first kappa shape index (κ1) is 16.6. The Balaban J connectivity index is 1.35. The van der Waals surface area contributed by atoms with Crippen molar-refractivity contribution in [3.8, 4) is 5.88 Å². The Labute approximate surface area is 157 Å². The second-order valence-electron chi connectivity index (χ2n) is 7.48. The summed E-state index contributed by atoms with van der Waals surface area (Å²) in [4.78, 5) is 22.8. The van der Waals surface area contributed by atoms with Gasteiger partial charge in [0.2, 0.25) is 5.88 Å². The molecule has 5 rings (SSSR count). The van der Waals surface area contributed by atoms with Crippen LogP contribution in [0.15, 0.2) is 30.6 Å². The van der Waals surface area contributed by atoms with Gasteiger partial charge in [-0.25, -0.2) is 14.8 Å². The standard InChI is InChI=1S/C20H22N4O3/c25-19(24-7-5-21-6-8-24)27-18-16-12-26-20(11-17(16)22-13-23-18)9-14-3-1-2-4-15(14)10-20/h1-4,13,21H,5-12H2. The molecule has 1 spiro atoms. The Kier molecular flexibility index (Phi) is 4.06. The van der Waals surface area contributed by atoms with E-state index in [9.17, 15) is 4.79 Å². The van der Waals surface area contributed by atoms with Gasteiger partial charge < -0.3 is 19.7 Å². The van der Waals surface area contributed by atoms with E-state index in [4.69, 9.17) is 9.47 Å². The molecule has 1 aromatic heterocycles. The van der Waals surface area contributed by atoms with E-state index in [2.05, 4.69) is 39.6 Å². The number of aromatic nitrogens is 2. The molecule has 0 atom stereocenters. The van der Waals surface area contributed by atoms with Crippen molar-refractivity contribution in [3.05, 3.63) is 53.0 Å². The minimum Gasteiger partial charge on any atom is -0.391 e. The molecule has 1 aliphatic carbocycles. The molecule has 7 heteroatoms. The molecule has 0 saturated carbocycles. The molecule has 1 saturated heterocycles. The number of carbonyl (C=O) groups excluding carboxylic acids is 1. The van der Waals surface area contributed by atoms with Crippen LogP contribution in [0.25, 0.3) is 0 Å². The van der Waals surface area contributed by atoms with Gasteiger partial charge in [0.05, 0.1) is 23.5 Å². The van der Waals surface area contributed by atoms with Crippen molar-refractivity contribution in [2.75, 3.05) is 26.2 Å². The highest BCUT2D eigenvalue weighted by molar-refractivity contribution is 5.70. The molecule has 1 amide bonds. The monoisotopic (exact) mass is 366 g/mol. The molecule has 140 valence electrons. The van der Waals surface area contributed by atoms with Crippen molar-refractivity contribution in [3.63, 3.8) is 0 Å². The van der Waals surface area contributed by atoms with Gasteiger partial charge in [0, 0.05) is 45.4 Å². The lowest BCUT2D eigenvalue weighted by Crippen LogP contribution is -2.47. The third-order valence-corrected chi connectivity index (χ3v) is 5.71. The number of nitrogens with one attached hydrogen (secondary N) is 1. The quantitative estimate of drug-likeness (QED) is 0.824. The third-order valence-electron chi connectivity index (χ3n) is 5.71. The summed E-state index contributed by atoms with van der Waals surface area (Å²) in [5.41, 5.74) is 4.17. The van der Waals surface area contributed by atoms with Crippen LogP contribution >= 0.6 is 0 Å². The second-order valence-corrected chi connectivity index (χ2v) is 7.48. The lowest BCUT2D eigenvalue weighted by Gasteiger charge is -2.34. The lowest BCUT2D eigenvalue weighted by molar-refractivity contribution is -0.0621. The molecule has 3 heterocycles. The summed E-state index contributed by atoms with van der Waals surface area (Å²) in [6, 6.07) is 8.49. The Morgan fingerprint density at radius 1 is 1.11 bits per heavy atom. The first-order valence-electron chi connectivity index (χ1n) is 9.43. The van der Waals surface area contributed by atoms with Gasteiger partial charge in [-0.1, -0.05) is 24.3 Å². The minimum absolute atomic E-state index is 0.245. The van der Waals surface area contributed by atoms with E-state index in [1.54, 1.807) is 4.90 Å². The molecule has 2 aliphatic heterocycles. The van der Waals surface area contributed by atoms with Crippen LogP contribution in [0, 0.1) is 0 Å². The van der Waals surface area contributed by atoms with Crippen LogP contribution in [0.4, 0.5) is 4.79 Å². The Bertz CT molecular complexity index is 854. The van der Waals surface area contributed by atoms with Crippen molar-refractivity contribution in [1.82, 2.24) is 20.2 Å². The van der Waals surface area contributed by atoms with Gasteiger partial charge in [-0.05, 0) is 11.1 Å². The van der Waals surface area contributed by atoms with Gasteiger partial charge in [0.1, 0.15) is 6.33 Å². The average molecular weight is 366 g/mol. The van der Waals surface area contributed by atoms with E-state index < -0.39 is 0 Å². The predicted octanol–water partition coefficient (Wildman–Crippen LogP) is 1.49. The van der Waals surface area contributed by atoms with Gasteiger partial charge >= 0.3 is 6.09 Å². The number of benzene rings is 1. The summed E-state index contributed by atoms with van der Waals surface area (Å²) in [7, 11) is 0. The van der Waals surface area contributed by atoms with Crippen molar-refractivity contribution in [2.24, 2.45) is 0 Å². The summed E-state index contributed by atoms with van der Waals surface area (Å²) in [6.45, 7) is 3.22. The lowest BCUT2D eigenvalue weighted by atomic mass is 9.90. The zero-order chi connectivity index (χ0) is 18.3. The number of ether oxygens (including phenoxy) is 2. The number of piperazine rings is 1. The van der Waals surface area contributed by atoms with Crippen molar-refractivity contribution in [2.45, 2.75) is 31.5 Å². The van der Waals surface area contributed by atoms with Crippen LogP contribution in [0.2, 0.25) is 0 Å². The summed E-state index contributed by atoms with van der Waals surface area (Å²) in [5, 5.41) is 3.22. The molecule has 1 fully saturated rings. The van der Waals surface area contributed by atoms with Crippen LogP contribution in [0.3, 0.4) is 0 Å². The van der Waals surface area contributed by atoms with Gasteiger partial charge in [0.15, 0.2) is 0 Å². The number of hydrogen-bond donors (Lipinski definition) is 1. The van der Waals surface area contributed by atoms with Crippen LogP contribution < -0.4 is 10.1 Å². The normalized spacial score (nSPS) is 20.2. The summed E-state index contributed by atoms with van der Waals surface area (Å²) < 4.78 is 11.9. The highest BCUT2D eigenvalue weighted by Gasteiger charge is 2.42. The largest absolute Gasteiger partial charge is 0.416 e. The molecule has 0 bridgehead atoms. The van der Waals surface area contributed by atoms with Crippen LogP contribution in [-0.2, 0) is 30.6 Å². The van der Waals surface area contributed by atoms with E-state index in [1.807, 2.05) is 0 Å². The zero-order valence-electron chi connectivity index (χ0n) is 15.1. The maximum atomic E-state index is 12.4. The van der Waals surface area contributed by atoms with Gasteiger partial charge in [-0.2, -0.15) is 0 Å². The number of rotatable bonds is 1. The smallest absolute Gasteiger partial charge is 0.391 e.